The number of hydrogen-bond donors (Lipinski definition) is 2. The van der Waals surface area contributed by atoms with Crippen molar-refractivity contribution < 1.29 is 0 Å². The Morgan fingerprint density at radius 2 is 1.04 bits per heavy atom. The molecule has 0 spiro atoms. The Kier molecular flexibility index (Phi) is 4.74. The molecule has 0 aliphatic rings. The van der Waals surface area contributed by atoms with Gasteiger partial charge in [-0.05, 0) is 46.2 Å². The number of hydrogen-bond acceptors (Lipinski definition) is 2. The fourth-order valence-electron chi connectivity index (χ4n) is 3.09. The lowest BCUT2D eigenvalue weighted by atomic mass is 9.76. The van der Waals surface area contributed by atoms with Crippen LogP contribution in [-0.4, -0.2) is 0 Å². The quantitative estimate of drug-likeness (QED) is 0.740. The molecule has 2 aromatic rings. The Balaban J connectivity index is 2.54. The summed E-state index contributed by atoms with van der Waals surface area (Å²) in [5, 5.41) is 0. The fourth-order valence-corrected chi connectivity index (χ4v) is 3.09. The largest absolute Gasteiger partial charge is 0.398 e. The molecule has 0 aromatic heterocycles. The highest BCUT2D eigenvalue weighted by Gasteiger charge is 2.25. The molecule has 23 heavy (non-hydrogen) atoms. The average Bonchev–Trinajstić information content (AvgIpc) is 2.47. The first kappa shape index (κ1) is 17.4. The first-order valence-corrected chi connectivity index (χ1v) is 8.44. The third-order valence-electron chi connectivity index (χ3n) is 4.86. The van der Waals surface area contributed by atoms with Gasteiger partial charge in [0.2, 0.25) is 0 Å². The van der Waals surface area contributed by atoms with E-state index in [1.807, 2.05) is 12.1 Å². The lowest BCUT2D eigenvalue weighted by molar-refractivity contribution is 0.636. The van der Waals surface area contributed by atoms with Gasteiger partial charge in [-0.15, -0.1) is 0 Å². The molecule has 0 heterocycles. The Bertz CT molecular complexity index is 637. The number of rotatable bonds is 4. The molecule has 0 amide bonds. The molecule has 0 saturated carbocycles. The summed E-state index contributed by atoms with van der Waals surface area (Å²) >= 11 is 0. The molecule has 0 fully saturated rings. The molecular weight excluding hydrogens is 280 g/mol. The smallest absolute Gasteiger partial charge is 0.0349 e. The maximum atomic E-state index is 6.14. The van der Waals surface area contributed by atoms with Gasteiger partial charge in [0.25, 0.3) is 0 Å². The molecule has 2 heteroatoms. The summed E-state index contributed by atoms with van der Waals surface area (Å²) in [5.74, 6) is 0.840. The van der Waals surface area contributed by atoms with Crippen molar-refractivity contribution in [3.8, 4) is 0 Å². The molecule has 0 radical (unpaired) electrons. The molecule has 124 valence electrons. The highest BCUT2D eigenvalue weighted by Crippen LogP contribution is 2.37. The van der Waals surface area contributed by atoms with Crippen molar-refractivity contribution in [3.63, 3.8) is 0 Å². The Morgan fingerprint density at radius 3 is 1.35 bits per heavy atom. The van der Waals surface area contributed by atoms with E-state index in [0.717, 1.165) is 11.4 Å². The van der Waals surface area contributed by atoms with Gasteiger partial charge in [0.05, 0.1) is 0 Å². The van der Waals surface area contributed by atoms with Crippen molar-refractivity contribution in [1.82, 2.24) is 0 Å². The van der Waals surface area contributed by atoms with Gasteiger partial charge in [0.15, 0.2) is 0 Å². The van der Waals surface area contributed by atoms with Gasteiger partial charge >= 0.3 is 0 Å². The summed E-state index contributed by atoms with van der Waals surface area (Å²) in [6, 6.07) is 12.9. The van der Waals surface area contributed by atoms with Crippen LogP contribution in [0.25, 0.3) is 0 Å². The van der Waals surface area contributed by atoms with Crippen molar-refractivity contribution in [2.24, 2.45) is 0 Å². The first-order chi connectivity index (χ1) is 10.6. The van der Waals surface area contributed by atoms with E-state index in [0.29, 0.717) is 11.8 Å². The van der Waals surface area contributed by atoms with Gasteiger partial charge in [-0.1, -0.05) is 65.8 Å². The van der Waals surface area contributed by atoms with E-state index in [1.54, 1.807) is 0 Å². The van der Waals surface area contributed by atoms with Crippen LogP contribution in [0.4, 0.5) is 11.4 Å². The van der Waals surface area contributed by atoms with E-state index in [1.165, 1.54) is 22.3 Å². The molecule has 4 N–H and O–H groups in total. The predicted octanol–water partition coefficient (Wildman–Crippen LogP) is 5.42. The zero-order chi connectivity index (χ0) is 17.4. The molecule has 0 saturated heterocycles. The minimum absolute atomic E-state index is 0.0886. The molecule has 0 unspecified atom stereocenters. The zero-order valence-corrected chi connectivity index (χ0v) is 15.3. The molecule has 2 aromatic carbocycles. The summed E-state index contributed by atoms with van der Waals surface area (Å²) in [6.45, 7) is 13.3. The number of benzene rings is 2. The van der Waals surface area contributed by atoms with Crippen LogP contribution < -0.4 is 11.5 Å². The van der Waals surface area contributed by atoms with E-state index in [9.17, 15) is 0 Å². The number of nitrogen functional groups attached to an aromatic ring is 2. The third kappa shape index (κ3) is 3.36. The lowest BCUT2D eigenvalue weighted by Crippen LogP contribution is -2.20. The van der Waals surface area contributed by atoms with Crippen LogP contribution in [-0.2, 0) is 5.41 Å². The average molecular weight is 310 g/mol. The van der Waals surface area contributed by atoms with Crippen LogP contribution in [0.1, 0.15) is 75.6 Å². The van der Waals surface area contributed by atoms with E-state index in [4.69, 9.17) is 11.5 Å². The minimum atomic E-state index is -0.0886. The second-order valence-corrected chi connectivity index (χ2v) is 7.62. The second-order valence-electron chi connectivity index (χ2n) is 7.62. The van der Waals surface area contributed by atoms with E-state index < -0.39 is 0 Å². The normalized spacial score (nSPS) is 12.2. The highest BCUT2D eigenvalue weighted by molar-refractivity contribution is 5.56. The van der Waals surface area contributed by atoms with Gasteiger partial charge in [-0.25, -0.2) is 0 Å². The maximum Gasteiger partial charge on any atom is 0.0349 e. The van der Waals surface area contributed by atoms with E-state index >= 15 is 0 Å². The standard InChI is InChI=1S/C21H30N2/c1-13(2)17-11-15(7-9-19(17)22)21(5,6)16-8-10-20(23)18(12-16)14(3)4/h7-14H,22-23H2,1-6H3. The van der Waals surface area contributed by atoms with Crippen LogP contribution >= 0.6 is 0 Å². The SMILES string of the molecule is CC(C)c1cc(C(C)(C)c2ccc(N)c(C(C)C)c2)ccc1N. The molecule has 2 rings (SSSR count). The Hall–Kier alpha value is -1.96. The van der Waals surface area contributed by atoms with Gasteiger partial charge in [-0.2, -0.15) is 0 Å². The number of nitrogens with two attached hydrogens (primary N) is 2. The summed E-state index contributed by atoms with van der Waals surface area (Å²) < 4.78 is 0. The van der Waals surface area contributed by atoms with Gasteiger partial charge < -0.3 is 11.5 Å². The first-order valence-electron chi connectivity index (χ1n) is 8.44. The summed E-state index contributed by atoms with van der Waals surface area (Å²) in [4.78, 5) is 0. The molecular formula is C21H30N2. The summed E-state index contributed by atoms with van der Waals surface area (Å²) in [7, 11) is 0. The molecule has 0 aliphatic carbocycles. The van der Waals surface area contributed by atoms with Crippen LogP contribution in [0.15, 0.2) is 36.4 Å². The zero-order valence-electron chi connectivity index (χ0n) is 15.3. The molecule has 0 bridgehead atoms. The second kappa shape index (κ2) is 6.27. The summed E-state index contributed by atoms with van der Waals surface area (Å²) in [6.07, 6.45) is 0. The van der Waals surface area contributed by atoms with Crippen LogP contribution in [0.3, 0.4) is 0 Å². The monoisotopic (exact) mass is 310 g/mol. The van der Waals surface area contributed by atoms with E-state index in [-0.39, 0.29) is 5.41 Å². The topological polar surface area (TPSA) is 52.0 Å². The Labute approximate surface area is 140 Å². The Morgan fingerprint density at radius 1 is 0.696 bits per heavy atom. The molecule has 0 aliphatic heterocycles. The highest BCUT2D eigenvalue weighted by atomic mass is 14.6. The predicted molar refractivity (Wildman–Crippen MR) is 102 cm³/mol. The number of anilines is 2. The van der Waals surface area contributed by atoms with Crippen molar-refractivity contribution in [3.05, 3.63) is 58.7 Å². The summed E-state index contributed by atoms with van der Waals surface area (Å²) in [5.41, 5.74) is 18.9. The van der Waals surface area contributed by atoms with Crippen LogP contribution in [0.5, 0.6) is 0 Å². The van der Waals surface area contributed by atoms with Crippen LogP contribution in [0, 0.1) is 0 Å². The van der Waals surface area contributed by atoms with Crippen molar-refractivity contribution in [2.75, 3.05) is 11.5 Å². The maximum absolute atomic E-state index is 6.14. The van der Waals surface area contributed by atoms with Crippen LogP contribution in [0.2, 0.25) is 0 Å². The fraction of sp³-hybridized carbons (Fsp3) is 0.429. The van der Waals surface area contributed by atoms with Gasteiger partial charge in [0, 0.05) is 16.8 Å². The van der Waals surface area contributed by atoms with Crippen molar-refractivity contribution in [2.45, 2.75) is 58.8 Å². The molecule has 2 nitrogen and oxygen atoms in total. The van der Waals surface area contributed by atoms with Crippen molar-refractivity contribution in [1.29, 1.82) is 0 Å². The van der Waals surface area contributed by atoms with Gasteiger partial charge in [-0.3, -0.25) is 0 Å². The van der Waals surface area contributed by atoms with Gasteiger partial charge in [0.1, 0.15) is 0 Å². The lowest BCUT2D eigenvalue weighted by Gasteiger charge is -2.29. The van der Waals surface area contributed by atoms with Crippen molar-refractivity contribution >= 4 is 11.4 Å². The molecule has 0 atom stereocenters. The minimum Gasteiger partial charge on any atom is -0.398 e. The third-order valence-corrected chi connectivity index (χ3v) is 4.86. The van der Waals surface area contributed by atoms with E-state index in [2.05, 4.69) is 65.8 Å².